The zero-order valence-electron chi connectivity index (χ0n) is 12.7. The van der Waals surface area contributed by atoms with Crippen LogP contribution >= 0.6 is 15.9 Å². The topological polar surface area (TPSA) is 50.7 Å². The molecule has 4 nitrogen and oxygen atoms in total. The van der Waals surface area contributed by atoms with E-state index < -0.39 is 0 Å². The molecule has 0 aliphatic carbocycles. The van der Waals surface area contributed by atoms with Crippen LogP contribution in [0.2, 0.25) is 0 Å². The molecule has 0 radical (unpaired) electrons. The Kier molecular flexibility index (Phi) is 5.67. The monoisotopic (exact) mass is 348 g/mol. The van der Waals surface area contributed by atoms with E-state index in [4.69, 9.17) is 4.98 Å². The molecule has 2 heterocycles. The van der Waals surface area contributed by atoms with Crippen molar-refractivity contribution >= 4 is 21.7 Å². The minimum absolute atomic E-state index is 0.549. The lowest BCUT2D eigenvalue weighted by atomic mass is 10.1. The van der Waals surface area contributed by atoms with Crippen molar-refractivity contribution in [3.63, 3.8) is 0 Å². The van der Waals surface area contributed by atoms with Crippen molar-refractivity contribution in [2.24, 2.45) is 5.92 Å². The fourth-order valence-corrected chi connectivity index (χ4v) is 2.57. The summed E-state index contributed by atoms with van der Waals surface area (Å²) < 4.78 is 0.975. The predicted molar refractivity (Wildman–Crippen MR) is 89.5 cm³/mol. The van der Waals surface area contributed by atoms with Crippen LogP contribution < -0.4 is 5.32 Å². The second kappa shape index (κ2) is 7.50. The Bertz CT molecular complexity index is 584. The molecular formula is C16H21BrN4. The average Bonchev–Trinajstić information content (AvgIpc) is 2.44. The Hall–Kier alpha value is -1.49. The van der Waals surface area contributed by atoms with Crippen molar-refractivity contribution in [1.82, 2.24) is 15.0 Å². The first-order valence-electron chi connectivity index (χ1n) is 7.29. The molecule has 2 rings (SSSR count). The van der Waals surface area contributed by atoms with Crippen LogP contribution in [0.15, 0.2) is 28.9 Å². The first-order chi connectivity index (χ1) is 10.1. The molecule has 0 spiro atoms. The normalized spacial score (nSPS) is 10.9. The molecule has 2 aromatic heterocycles. The number of pyridine rings is 1. The molecule has 2 aromatic rings. The predicted octanol–water partition coefficient (Wildman–Crippen LogP) is 3.86. The van der Waals surface area contributed by atoms with Gasteiger partial charge in [-0.2, -0.15) is 0 Å². The summed E-state index contributed by atoms with van der Waals surface area (Å²) in [6.07, 6.45) is 3.38. The standard InChI is InChI=1S/C16H21BrN4/c1-4-18-16-15(17)13(9-11(2)3)20-14(21-16)10-12-7-5-6-8-19-12/h5-8,11H,4,9-10H2,1-3H3,(H,18,20,21). The number of hydrogen-bond acceptors (Lipinski definition) is 4. The highest BCUT2D eigenvalue weighted by molar-refractivity contribution is 9.10. The first kappa shape index (κ1) is 15.9. The van der Waals surface area contributed by atoms with Gasteiger partial charge in [-0.1, -0.05) is 19.9 Å². The van der Waals surface area contributed by atoms with Crippen LogP contribution in [0, 0.1) is 5.92 Å². The van der Waals surface area contributed by atoms with E-state index in [0.29, 0.717) is 12.3 Å². The van der Waals surface area contributed by atoms with Crippen molar-refractivity contribution in [2.45, 2.75) is 33.6 Å². The number of halogens is 1. The Labute approximate surface area is 134 Å². The number of anilines is 1. The second-order valence-electron chi connectivity index (χ2n) is 5.38. The van der Waals surface area contributed by atoms with Crippen LogP contribution in [0.1, 0.15) is 38.0 Å². The number of nitrogens with zero attached hydrogens (tertiary/aromatic N) is 3. The molecule has 1 N–H and O–H groups in total. The van der Waals surface area contributed by atoms with Crippen LogP contribution in [0.4, 0.5) is 5.82 Å². The van der Waals surface area contributed by atoms with E-state index in [-0.39, 0.29) is 0 Å². The zero-order chi connectivity index (χ0) is 15.2. The van der Waals surface area contributed by atoms with Crippen molar-refractivity contribution in [2.75, 3.05) is 11.9 Å². The number of nitrogens with one attached hydrogen (secondary N) is 1. The Balaban J connectivity index is 2.33. The minimum atomic E-state index is 0.549. The second-order valence-corrected chi connectivity index (χ2v) is 6.17. The zero-order valence-corrected chi connectivity index (χ0v) is 14.3. The Morgan fingerprint density at radius 3 is 2.67 bits per heavy atom. The summed E-state index contributed by atoms with van der Waals surface area (Å²) in [6, 6.07) is 5.90. The largest absolute Gasteiger partial charge is 0.369 e. The SMILES string of the molecule is CCNc1nc(Cc2ccccn2)nc(CC(C)C)c1Br. The Morgan fingerprint density at radius 1 is 1.24 bits per heavy atom. The highest BCUT2D eigenvalue weighted by Gasteiger charge is 2.13. The van der Waals surface area contributed by atoms with Gasteiger partial charge in [0.15, 0.2) is 0 Å². The van der Waals surface area contributed by atoms with Crippen LogP contribution in [0.25, 0.3) is 0 Å². The molecule has 0 aromatic carbocycles. The average molecular weight is 349 g/mol. The van der Waals surface area contributed by atoms with Gasteiger partial charge in [0.1, 0.15) is 11.6 Å². The lowest BCUT2D eigenvalue weighted by Crippen LogP contribution is -2.10. The lowest BCUT2D eigenvalue weighted by Gasteiger charge is -2.13. The molecule has 0 amide bonds. The molecule has 112 valence electrons. The molecule has 0 atom stereocenters. The van der Waals surface area contributed by atoms with E-state index in [1.165, 1.54) is 0 Å². The minimum Gasteiger partial charge on any atom is -0.369 e. The van der Waals surface area contributed by atoms with E-state index in [1.54, 1.807) is 6.20 Å². The quantitative estimate of drug-likeness (QED) is 0.861. The van der Waals surface area contributed by atoms with Gasteiger partial charge in [-0.25, -0.2) is 9.97 Å². The molecule has 0 fully saturated rings. The number of rotatable bonds is 6. The molecule has 0 bridgehead atoms. The van der Waals surface area contributed by atoms with Crippen molar-refractivity contribution < 1.29 is 0 Å². The van der Waals surface area contributed by atoms with E-state index in [2.05, 4.69) is 52.0 Å². The van der Waals surface area contributed by atoms with Gasteiger partial charge in [-0.05, 0) is 47.3 Å². The Morgan fingerprint density at radius 2 is 2.05 bits per heavy atom. The van der Waals surface area contributed by atoms with E-state index in [9.17, 15) is 0 Å². The fraction of sp³-hybridized carbons (Fsp3) is 0.438. The summed E-state index contributed by atoms with van der Waals surface area (Å²) in [5.74, 6) is 2.23. The molecule has 21 heavy (non-hydrogen) atoms. The summed E-state index contributed by atoms with van der Waals surface area (Å²) in [4.78, 5) is 13.7. The molecule has 0 unspecified atom stereocenters. The van der Waals surface area contributed by atoms with Crippen LogP contribution in [-0.4, -0.2) is 21.5 Å². The molecule has 0 saturated carbocycles. The van der Waals surface area contributed by atoms with E-state index in [1.807, 2.05) is 18.2 Å². The maximum atomic E-state index is 4.71. The lowest BCUT2D eigenvalue weighted by molar-refractivity contribution is 0.628. The smallest absolute Gasteiger partial charge is 0.144 e. The molecule has 0 aliphatic heterocycles. The highest BCUT2D eigenvalue weighted by Crippen LogP contribution is 2.26. The fourth-order valence-electron chi connectivity index (χ4n) is 2.09. The van der Waals surface area contributed by atoms with Crippen LogP contribution in [-0.2, 0) is 12.8 Å². The van der Waals surface area contributed by atoms with E-state index >= 15 is 0 Å². The molecule has 0 aliphatic rings. The van der Waals surface area contributed by atoms with Gasteiger partial charge in [-0.15, -0.1) is 0 Å². The molecule has 5 heteroatoms. The highest BCUT2D eigenvalue weighted by atomic mass is 79.9. The molecule has 0 saturated heterocycles. The maximum absolute atomic E-state index is 4.71. The van der Waals surface area contributed by atoms with Crippen LogP contribution in [0.5, 0.6) is 0 Å². The third-order valence-electron chi connectivity index (χ3n) is 2.98. The summed E-state index contributed by atoms with van der Waals surface area (Å²) in [5, 5.41) is 3.30. The third kappa shape index (κ3) is 4.49. The van der Waals surface area contributed by atoms with Crippen LogP contribution in [0.3, 0.4) is 0 Å². The number of aromatic nitrogens is 3. The van der Waals surface area contributed by atoms with Gasteiger partial charge < -0.3 is 5.32 Å². The maximum Gasteiger partial charge on any atom is 0.144 e. The van der Waals surface area contributed by atoms with Gasteiger partial charge in [0.2, 0.25) is 0 Å². The van der Waals surface area contributed by atoms with Gasteiger partial charge in [0.25, 0.3) is 0 Å². The van der Waals surface area contributed by atoms with Gasteiger partial charge in [0, 0.05) is 18.4 Å². The third-order valence-corrected chi connectivity index (χ3v) is 3.81. The summed E-state index contributed by atoms with van der Waals surface area (Å²) in [6.45, 7) is 7.29. The summed E-state index contributed by atoms with van der Waals surface area (Å²) in [5.41, 5.74) is 2.04. The summed E-state index contributed by atoms with van der Waals surface area (Å²) >= 11 is 3.63. The van der Waals surface area contributed by atoms with Crippen molar-refractivity contribution in [3.8, 4) is 0 Å². The number of hydrogen-bond donors (Lipinski definition) is 1. The van der Waals surface area contributed by atoms with Gasteiger partial charge in [0.05, 0.1) is 16.6 Å². The summed E-state index contributed by atoms with van der Waals surface area (Å²) in [7, 11) is 0. The van der Waals surface area contributed by atoms with E-state index in [0.717, 1.165) is 40.5 Å². The first-order valence-corrected chi connectivity index (χ1v) is 8.08. The van der Waals surface area contributed by atoms with Gasteiger partial charge in [-0.3, -0.25) is 4.98 Å². The van der Waals surface area contributed by atoms with Crippen molar-refractivity contribution in [1.29, 1.82) is 0 Å². The van der Waals surface area contributed by atoms with Crippen molar-refractivity contribution in [3.05, 3.63) is 46.1 Å². The van der Waals surface area contributed by atoms with Gasteiger partial charge >= 0.3 is 0 Å². The molecular weight excluding hydrogens is 328 g/mol.